The van der Waals surface area contributed by atoms with Gasteiger partial charge in [-0.05, 0) is 17.7 Å². The molecule has 0 spiro atoms. The number of rotatable bonds is 5. The average molecular weight is 366 g/mol. The van der Waals surface area contributed by atoms with Gasteiger partial charge in [0.1, 0.15) is 5.52 Å². The van der Waals surface area contributed by atoms with Gasteiger partial charge in [0.15, 0.2) is 5.16 Å². The predicted octanol–water partition coefficient (Wildman–Crippen LogP) is 1.47. The van der Waals surface area contributed by atoms with E-state index in [0.717, 1.165) is 5.56 Å². The number of benzene rings is 2. The first-order chi connectivity index (χ1) is 12.7. The number of thioether (sulfide) groups is 1. The fourth-order valence-electron chi connectivity index (χ4n) is 2.55. The summed E-state index contributed by atoms with van der Waals surface area (Å²) in [5, 5.41) is 15.5. The molecular weight excluding hydrogens is 352 g/mol. The number of fused-ring (bicyclic) bond motifs is 1. The Morgan fingerprint density at radius 3 is 2.62 bits per heavy atom. The van der Waals surface area contributed by atoms with Gasteiger partial charge in [-0.1, -0.05) is 59.4 Å². The summed E-state index contributed by atoms with van der Waals surface area (Å²) in [5.74, 6) is 0.204. The SMILES string of the molecule is O=c1c2ccccc2nnn1CSc1n[nH]c(=O)n1Cc1ccccc1. The van der Waals surface area contributed by atoms with Crippen LogP contribution in [0.3, 0.4) is 0 Å². The topological polar surface area (TPSA) is 98.5 Å². The molecule has 130 valence electrons. The van der Waals surface area contributed by atoms with Gasteiger partial charge in [-0.3, -0.25) is 9.36 Å². The monoisotopic (exact) mass is 366 g/mol. The van der Waals surface area contributed by atoms with Crippen molar-refractivity contribution in [1.29, 1.82) is 0 Å². The van der Waals surface area contributed by atoms with Gasteiger partial charge >= 0.3 is 5.69 Å². The maximum atomic E-state index is 12.5. The fourth-order valence-corrected chi connectivity index (χ4v) is 3.37. The zero-order valence-corrected chi connectivity index (χ0v) is 14.4. The van der Waals surface area contributed by atoms with Crippen molar-refractivity contribution in [3.05, 3.63) is 81.0 Å². The van der Waals surface area contributed by atoms with E-state index in [1.807, 2.05) is 36.4 Å². The lowest BCUT2D eigenvalue weighted by molar-refractivity contribution is 0.637. The third kappa shape index (κ3) is 3.16. The highest BCUT2D eigenvalue weighted by Gasteiger charge is 2.11. The van der Waals surface area contributed by atoms with Crippen molar-refractivity contribution in [3.8, 4) is 0 Å². The third-order valence-corrected chi connectivity index (χ3v) is 4.80. The van der Waals surface area contributed by atoms with Crippen LogP contribution >= 0.6 is 11.8 Å². The van der Waals surface area contributed by atoms with E-state index in [4.69, 9.17) is 0 Å². The molecule has 0 aliphatic heterocycles. The zero-order chi connectivity index (χ0) is 17.9. The van der Waals surface area contributed by atoms with Crippen molar-refractivity contribution in [2.75, 3.05) is 0 Å². The van der Waals surface area contributed by atoms with Crippen LogP contribution in [-0.2, 0) is 12.4 Å². The summed E-state index contributed by atoms with van der Waals surface area (Å²) in [6, 6.07) is 16.7. The summed E-state index contributed by atoms with van der Waals surface area (Å²) >= 11 is 1.24. The van der Waals surface area contributed by atoms with Crippen molar-refractivity contribution < 1.29 is 0 Å². The Labute approximate surface area is 151 Å². The summed E-state index contributed by atoms with van der Waals surface area (Å²) in [6.07, 6.45) is 0. The minimum atomic E-state index is -0.298. The fraction of sp³-hybridized carbons (Fsp3) is 0.118. The third-order valence-electron chi connectivity index (χ3n) is 3.85. The molecule has 9 heteroatoms. The van der Waals surface area contributed by atoms with Gasteiger partial charge in [0.2, 0.25) is 0 Å². The van der Waals surface area contributed by atoms with Crippen LogP contribution in [0, 0.1) is 0 Å². The van der Waals surface area contributed by atoms with Crippen LogP contribution in [-0.4, -0.2) is 29.8 Å². The molecule has 0 fully saturated rings. The van der Waals surface area contributed by atoms with Crippen molar-refractivity contribution >= 4 is 22.7 Å². The summed E-state index contributed by atoms with van der Waals surface area (Å²) < 4.78 is 2.79. The Bertz CT molecular complexity index is 1170. The molecule has 1 N–H and O–H groups in total. The molecule has 0 saturated carbocycles. The molecule has 0 bridgehead atoms. The van der Waals surface area contributed by atoms with E-state index < -0.39 is 0 Å². The van der Waals surface area contributed by atoms with Crippen molar-refractivity contribution in [1.82, 2.24) is 29.8 Å². The second-order valence-electron chi connectivity index (χ2n) is 5.57. The maximum absolute atomic E-state index is 12.5. The lowest BCUT2D eigenvalue weighted by Gasteiger charge is -2.06. The molecule has 2 aromatic heterocycles. The first-order valence-electron chi connectivity index (χ1n) is 7.87. The molecular formula is C17H14N6O2S. The highest BCUT2D eigenvalue weighted by Crippen LogP contribution is 2.16. The highest BCUT2D eigenvalue weighted by atomic mass is 32.2. The molecule has 8 nitrogen and oxygen atoms in total. The van der Waals surface area contributed by atoms with Gasteiger partial charge in [-0.2, -0.15) is 4.68 Å². The standard InChI is InChI=1S/C17H14N6O2S/c24-15-13-8-4-5-9-14(13)18-21-23(15)11-26-17-20-19-16(25)22(17)10-12-6-2-1-3-7-12/h1-9H,10-11H2,(H,19,25). The van der Waals surface area contributed by atoms with Crippen LogP contribution in [0.1, 0.15) is 5.56 Å². The predicted molar refractivity (Wildman–Crippen MR) is 98.0 cm³/mol. The van der Waals surface area contributed by atoms with Gasteiger partial charge in [0, 0.05) is 0 Å². The summed E-state index contributed by atoms with van der Waals surface area (Å²) in [7, 11) is 0. The zero-order valence-electron chi connectivity index (χ0n) is 13.6. The van der Waals surface area contributed by atoms with Crippen molar-refractivity contribution in [3.63, 3.8) is 0 Å². The van der Waals surface area contributed by atoms with Crippen molar-refractivity contribution in [2.24, 2.45) is 0 Å². The molecule has 0 unspecified atom stereocenters. The molecule has 0 aliphatic carbocycles. The van der Waals surface area contributed by atoms with E-state index in [1.165, 1.54) is 21.0 Å². The van der Waals surface area contributed by atoms with E-state index in [0.29, 0.717) is 22.6 Å². The van der Waals surface area contributed by atoms with Gasteiger partial charge < -0.3 is 0 Å². The number of aromatic nitrogens is 6. The largest absolute Gasteiger partial charge is 0.344 e. The van der Waals surface area contributed by atoms with E-state index in [-0.39, 0.29) is 17.1 Å². The number of aromatic amines is 1. The first-order valence-corrected chi connectivity index (χ1v) is 8.85. The van der Waals surface area contributed by atoms with Gasteiger partial charge in [-0.25, -0.2) is 9.89 Å². The van der Waals surface area contributed by atoms with Gasteiger partial charge in [0.25, 0.3) is 5.56 Å². The number of hydrogen-bond donors (Lipinski definition) is 1. The molecule has 2 heterocycles. The van der Waals surface area contributed by atoms with E-state index in [2.05, 4.69) is 20.5 Å². The minimum Gasteiger partial charge on any atom is -0.267 e. The van der Waals surface area contributed by atoms with Gasteiger partial charge in [-0.15, -0.1) is 10.2 Å². The molecule has 0 saturated heterocycles. The molecule has 26 heavy (non-hydrogen) atoms. The van der Waals surface area contributed by atoms with Crippen LogP contribution in [0.2, 0.25) is 0 Å². The van der Waals surface area contributed by atoms with Crippen LogP contribution < -0.4 is 11.2 Å². The summed E-state index contributed by atoms with van der Waals surface area (Å²) in [6.45, 7) is 0.400. The lowest BCUT2D eigenvalue weighted by Crippen LogP contribution is -2.24. The molecule has 4 aromatic rings. The Balaban J connectivity index is 1.59. The molecule has 0 atom stereocenters. The summed E-state index contributed by atoms with van der Waals surface area (Å²) in [5.41, 5.74) is 1.02. The Hall–Kier alpha value is -3.20. The average Bonchev–Trinajstić information content (AvgIpc) is 3.02. The van der Waals surface area contributed by atoms with Gasteiger partial charge in [0.05, 0.1) is 17.8 Å². The number of hydrogen-bond acceptors (Lipinski definition) is 6. The van der Waals surface area contributed by atoms with Crippen LogP contribution in [0.15, 0.2) is 69.3 Å². The maximum Gasteiger partial charge on any atom is 0.344 e. The Kier molecular flexibility index (Phi) is 4.36. The quantitative estimate of drug-likeness (QED) is 0.537. The first kappa shape index (κ1) is 16.3. The molecule has 0 aliphatic rings. The van der Waals surface area contributed by atoms with Crippen LogP contribution in [0.25, 0.3) is 10.9 Å². The van der Waals surface area contributed by atoms with Crippen LogP contribution in [0.4, 0.5) is 0 Å². The highest BCUT2D eigenvalue weighted by molar-refractivity contribution is 7.98. The smallest absolute Gasteiger partial charge is 0.267 e. The Morgan fingerprint density at radius 2 is 1.77 bits per heavy atom. The molecule has 4 rings (SSSR count). The van der Waals surface area contributed by atoms with E-state index in [1.54, 1.807) is 18.2 Å². The summed E-state index contributed by atoms with van der Waals surface area (Å²) in [4.78, 5) is 24.5. The number of nitrogens with zero attached hydrogens (tertiary/aromatic N) is 5. The lowest BCUT2D eigenvalue weighted by atomic mass is 10.2. The minimum absolute atomic E-state index is 0.204. The molecule has 0 radical (unpaired) electrons. The molecule has 2 aromatic carbocycles. The van der Waals surface area contributed by atoms with Crippen molar-refractivity contribution in [2.45, 2.75) is 17.6 Å². The van der Waals surface area contributed by atoms with E-state index in [9.17, 15) is 9.59 Å². The number of nitrogens with one attached hydrogen (secondary N) is 1. The normalized spacial score (nSPS) is 11.1. The van der Waals surface area contributed by atoms with Crippen LogP contribution in [0.5, 0.6) is 0 Å². The van der Waals surface area contributed by atoms with E-state index >= 15 is 0 Å². The second kappa shape index (κ2) is 6.96. The number of H-pyrrole nitrogens is 1. The second-order valence-corrected chi connectivity index (χ2v) is 6.48. The molecule has 0 amide bonds. The Morgan fingerprint density at radius 1 is 1.00 bits per heavy atom.